The first kappa shape index (κ1) is 4.71. The molecule has 1 atom stereocenters. The van der Waals surface area contributed by atoms with Crippen LogP contribution in [0.1, 0.15) is 0 Å². The van der Waals surface area contributed by atoms with Crippen LogP contribution in [0.25, 0.3) is 0 Å². The number of cyclic esters (lactones) is 1. The van der Waals surface area contributed by atoms with Crippen LogP contribution < -0.4 is 0 Å². The van der Waals surface area contributed by atoms with Crippen molar-refractivity contribution in [3.8, 4) is 0 Å². The summed E-state index contributed by atoms with van der Waals surface area (Å²) in [6.07, 6.45) is 2.95. The Morgan fingerprint density at radius 1 is 1.86 bits per heavy atom. The highest BCUT2D eigenvalue weighted by atomic mass is 32.1. The Kier molecular flexibility index (Phi) is 1.06. The van der Waals surface area contributed by atoms with Crippen LogP contribution in [-0.2, 0) is 9.53 Å². The standard InChI is InChI=1S/C4H4O2S/c5-3-1-2-4(7)6-3/h1-2,4,7H. The molecule has 0 radical (unpaired) electrons. The molecule has 38 valence electrons. The zero-order valence-electron chi connectivity index (χ0n) is 3.50. The van der Waals surface area contributed by atoms with Crippen molar-refractivity contribution in [3.63, 3.8) is 0 Å². The predicted octanol–water partition coefficient (Wildman–Crippen LogP) is 0.355. The molecule has 0 aromatic heterocycles. The SMILES string of the molecule is O=C1C=CC(S)O1. The Morgan fingerprint density at radius 3 is 2.71 bits per heavy atom. The summed E-state index contributed by atoms with van der Waals surface area (Å²) >= 11 is 3.82. The van der Waals surface area contributed by atoms with Gasteiger partial charge in [0.15, 0.2) is 5.44 Å². The Hall–Kier alpha value is -0.440. The third kappa shape index (κ3) is 0.962. The van der Waals surface area contributed by atoms with E-state index < -0.39 is 0 Å². The second kappa shape index (κ2) is 1.58. The topological polar surface area (TPSA) is 26.3 Å². The van der Waals surface area contributed by atoms with Gasteiger partial charge in [-0.05, 0) is 6.08 Å². The quantitative estimate of drug-likeness (QED) is 0.365. The van der Waals surface area contributed by atoms with Crippen LogP contribution in [0.15, 0.2) is 12.2 Å². The monoisotopic (exact) mass is 116 g/mol. The van der Waals surface area contributed by atoms with Crippen LogP contribution in [-0.4, -0.2) is 11.4 Å². The van der Waals surface area contributed by atoms with E-state index in [1.165, 1.54) is 6.08 Å². The highest BCUT2D eigenvalue weighted by Crippen LogP contribution is 2.06. The molecule has 0 bridgehead atoms. The van der Waals surface area contributed by atoms with Crippen molar-refractivity contribution in [2.24, 2.45) is 0 Å². The molecule has 1 aliphatic heterocycles. The fourth-order valence-electron chi connectivity index (χ4n) is 0.358. The van der Waals surface area contributed by atoms with Crippen LogP contribution in [0, 0.1) is 0 Å². The number of carbonyl (C=O) groups excluding carboxylic acids is 1. The van der Waals surface area contributed by atoms with Crippen molar-refractivity contribution in [1.29, 1.82) is 0 Å². The minimum absolute atomic E-state index is 0.306. The largest absolute Gasteiger partial charge is 0.444 e. The van der Waals surface area contributed by atoms with E-state index in [-0.39, 0.29) is 11.4 Å². The molecular weight excluding hydrogens is 112 g/mol. The van der Waals surface area contributed by atoms with E-state index in [1.54, 1.807) is 6.08 Å². The summed E-state index contributed by atoms with van der Waals surface area (Å²) in [5.74, 6) is -0.306. The van der Waals surface area contributed by atoms with Crippen molar-refractivity contribution in [2.75, 3.05) is 0 Å². The summed E-state index contributed by atoms with van der Waals surface area (Å²) in [7, 11) is 0. The van der Waals surface area contributed by atoms with Gasteiger partial charge in [0, 0.05) is 6.08 Å². The molecule has 1 aliphatic rings. The lowest BCUT2D eigenvalue weighted by molar-refractivity contribution is -0.135. The normalized spacial score (nSPS) is 28.1. The number of hydrogen-bond acceptors (Lipinski definition) is 3. The molecular formula is C4H4O2S. The highest BCUT2D eigenvalue weighted by molar-refractivity contribution is 7.81. The highest BCUT2D eigenvalue weighted by Gasteiger charge is 2.09. The minimum Gasteiger partial charge on any atom is -0.444 e. The number of carbonyl (C=O) groups is 1. The maximum Gasteiger partial charge on any atom is 0.332 e. The summed E-state index contributed by atoms with van der Waals surface area (Å²) in [5, 5.41) is 0. The number of thiol groups is 1. The van der Waals surface area contributed by atoms with Crippen LogP contribution in [0.5, 0.6) is 0 Å². The summed E-state index contributed by atoms with van der Waals surface area (Å²) in [5.41, 5.74) is -0.313. The fourth-order valence-corrected chi connectivity index (χ4v) is 0.548. The fraction of sp³-hybridized carbons (Fsp3) is 0.250. The summed E-state index contributed by atoms with van der Waals surface area (Å²) in [4.78, 5) is 10.1. The van der Waals surface area contributed by atoms with Gasteiger partial charge in [-0.25, -0.2) is 4.79 Å². The Bertz CT molecular complexity index is 119. The molecule has 0 aliphatic carbocycles. The lowest BCUT2D eigenvalue weighted by atomic mass is 10.6. The number of esters is 1. The molecule has 0 N–H and O–H groups in total. The van der Waals surface area contributed by atoms with E-state index in [2.05, 4.69) is 17.4 Å². The second-order valence-corrected chi connectivity index (χ2v) is 1.70. The second-order valence-electron chi connectivity index (χ2n) is 1.19. The van der Waals surface area contributed by atoms with Gasteiger partial charge in [-0.3, -0.25) is 0 Å². The summed E-state index contributed by atoms with van der Waals surface area (Å²) < 4.78 is 4.48. The number of rotatable bonds is 0. The molecule has 0 amide bonds. The van der Waals surface area contributed by atoms with Crippen molar-refractivity contribution in [1.82, 2.24) is 0 Å². The average Bonchev–Trinajstić information content (AvgIpc) is 1.87. The van der Waals surface area contributed by atoms with E-state index in [4.69, 9.17) is 0 Å². The van der Waals surface area contributed by atoms with Gasteiger partial charge in [0.25, 0.3) is 0 Å². The van der Waals surface area contributed by atoms with Crippen LogP contribution >= 0.6 is 12.6 Å². The van der Waals surface area contributed by atoms with Crippen LogP contribution in [0.2, 0.25) is 0 Å². The van der Waals surface area contributed by atoms with E-state index in [9.17, 15) is 4.79 Å². The van der Waals surface area contributed by atoms with Gasteiger partial charge in [0.05, 0.1) is 0 Å². The lowest BCUT2D eigenvalue weighted by Gasteiger charge is -1.94. The summed E-state index contributed by atoms with van der Waals surface area (Å²) in [6, 6.07) is 0. The molecule has 1 unspecified atom stereocenters. The van der Waals surface area contributed by atoms with Crippen LogP contribution in [0.3, 0.4) is 0 Å². The molecule has 0 aromatic rings. The molecule has 7 heavy (non-hydrogen) atoms. The maximum atomic E-state index is 10.1. The third-order valence-corrected chi connectivity index (χ3v) is 0.911. The first-order valence-electron chi connectivity index (χ1n) is 1.86. The Morgan fingerprint density at radius 2 is 2.57 bits per heavy atom. The molecule has 1 rings (SSSR count). The van der Waals surface area contributed by atoms with Gasteiger partial charge < -0.3 is 4.74 Å². The molecule has 0 saturated carbocycles. The first-order valence-corrected chi connectivity index (χ1v) is 2.37. The Labute approximate surface area is 46.6 Å². The maximum absolute atomic E-state index is 10.1. The van der Waals surface area contributed by atoms with E-state index in [0.29, 0.717) is 0 Å². The molecule has 1 heterocycles. The number of ether oxygens (including phenoxy) is 1. The first-order chi connectivity index (χ1) is 3.29. The molecule has 0 saturated heterocycles. The van der Waals surface area contributed by atoms with Crippen molar-refractivity contribution in [2.45, 2.75) is 5.44 Å². The molecule has 0 spiro atoms. The van der Waals surface area contributed by atoms with Crippen LogP contribution in [0.4, 0.5) is 0 Å². The molecule has 2 nitrogen and oxygen atoms in total. The zero-order chi connectivity index (χ0) is 5.28. The van der Waals surface area contributed by atoms with Crippen molar-refractivity contribution >= 4 is 18.6 Å². The van der Waals surface area contributed by atoms with Gasteiger partial charge in [-0.15, -0.1) is 12.6 Å². The van der Waals surface area contributed by atoms with Crippen molar-refractivity contribution in [3.05, 3.63) is 12.2 Å². The lowest BCUT2D eigenvalue weighted by Crippen LogP contribution is -1.97. The molecule has 3 heteroatoms. The van der Waals surface area contributed by atoms with E-state index >= 15 is 0 Å². The third-order valence-electron chi connectivity index (χ3n) is 0.634. The Balaban J connectivity index is 2.58. The van der Waals surface area contributed by atoms with Gasteiger partial charge in [0.1, 0.15) is 0 Å². The minimum atomic E-state index is -0.313. The summed E-state index contributed by atoms with van der Waals surface area (Å²) in [6.45, 7) is 0. The van der Waals surface area contributed by atoms with Gasteiger partial charge in [-0.1, -0.05) is 0 Å². The molecule has 0 fully saturated rings. The van der Waals surface area contributed by atoms with Crippen molar-refractivity contribution < 1.29 is 9.53 Å². The van der Waals surface area contributed by atoms with Gasteiger partial charge in [0.2, 0.25) is 0 Å². The zero-order valence-corrected chi connectivity index (χ0v) is 4.39. The average molecular weight is 116 g/mol. The van der Waals surface area contributed by atoms with E-state index in [1.807, 2.05) is 0 Å². The van der Waals surface area contributed by atoms with Gasteiger partial charge in [-0.2, -0.15) is 0 Å². The number of hydrogen-bond donors (Lipinski definition) is 1. The van der Waals surface area contributed by atoms with Gasteiger partial charge >= 0.3 is 5.97 Å². The predicted molar refractivity (Wildman–Crippen MR) is 28.0 cm³/mol. The molecule has 0 aromatic carbocycles. The van der Waals surface area contributed by atoms with E-state index in [0.717, 1.165) is 0 Å². The smallest absolute Gasteiger partial charge is 0.332 e.